The lowest BCUT2D eigenvalue weighted by atomic mass is 10.1. The molecule has 0 saturated carbocycles. The number of carbonyl (C=O) groups is 1. The van der Waals surface area contributed by atoms with Crippen molar-refractivity contribution in [1.82, 2.24) is 19.8 Å². The fourth-order valence-electron chi connectivity index (χ4n) is 3.36. The molecule has 1 saturated heterocycles. The molecule has 4 rings (SSSR count). The summed E-state index contributed by atoms with van der Waals surface area (Å²) in [5.74, 6) is 1.13. The average molecular weight is 365 g/mol. The Hall–Kier alpha value is -3.09. The summed E-state index contributed by atoms with van der Waals surface area (Å²) in [5, 5.41) is 11.4. The quantitative estimate of drug-likeness (QED) is 0.745. The first-order valence-corrected chi connectivity index (χ1v) is 9.26. The lowest BCUT2D eigenvalue weighted by Crippen LogP contribution is -2.34. The van der Waals surface area contributed by atoms with Gasteiger partial charge < -0.3 is 14.7 Å². The summed E-state index contributed by atoms with van der Waals surface area (Å²) in [5.41, 5.74) is 2.53. The molecule has 1 N–H and O–H groups in total. The number of likely N-dealkylation sites (tertiary alicyclic amines) is 1. The molecule has 140 valence electrons. The molecule has 3 aromatic rings. The van der Waals surface area contributed by atoms with Crippen LogP contribution in [0, 0.1) is 0 Å². The zero-order valence-electron chi connectivity index (χ0n) is 15.5. The molecule has 27 heavy (non-hydrogen) atoms. The standard InChI is InChI=1S/C20H23N5O2/c1-14(2)19-13-17(23-27-19)18-5-3-11-24(18)20(26)22-15-6-8-16(9-7-15)25-12-4-10-21-25/h4,6-10,12-14,18H,3,5,11H2,1-2H3,(H,22,26). The molecule has 0 spiro atoms. The summed E-state index contributed by atoms with van der Waals surface area (Å²) in [6.07, 6.45) is 5.47. The van der Waals surface area contributed by atoms with Gasteiger partial charge in [0.15, 0.2) is 0 Å². The Labute approximate surface area is 158 Å². The Kier molecular flexibility index (Phi) is 4.66. The lowest BCUT2D eigenvalue weighted by Gasteiger charge is -2.23. The van der Waals surface area contributed by atoms with E-state index in [1.807, 2.05) is 47.5 Å². The van der Waals surface area contributed by atoms with Crippen LogP contribution in [0.5, 0.6) is 0 Å². The number of hydrogen-bond donors (Lipinski definition) is 1. The third-order valence-corrected chi connectivity index (χ3v) is 4.86. The zero-order valence-corrected chi connectivity index (χ0v) is 15.5. The van der Waals surface area contributed by atoms with Gasteiger partial charge >= 0.3 is 6.03 Å². The molecule has 3 heterocycles. The summed E-state index contributed by atoms with van der Waals surface area (Å²) in [7, 11) is 0. The molecule has 1 unspecified atom stereocenters. The van der Waals surface area contributed by atoms with E-state index >= 15 is 0 Å². The van der Waals surface area contributed by atoms with Crippen molar-refractivity contribution in [1.29, 1.82) is 0 Å². The molecular weight excluding hydrogens is 342 g/mol. The van der Waals surface area contributed by atoms with Crippen LogP contribution in [0.25, 0.3) is 5.69 Å². The van der Waals surface area contributed by atoms with Crippen molar-refractivity contribution in [2.45, 2.75) is 38.6 Å². The summed E-state index contributed by atoms with van der Waals surface area (Å²) in [4.78, 5) is 14.6. The highest BCUT2D eigenvalue weighted by Gasteiger charge is 2.32. The van der Waals surface area contributed by atoms with Gasteiger partial charge in [-0.15, -0.1) is 0 Å². The molecule has 1 aliphatic heterocycles. The minimum absolute atomic E-state index is 0.0374. The number of aromatic nitrogens is 3. The number of amides is 2. The largest absolute Gasteiger partial charge is 0.361 e. The van der Waals surface area contributed by atoms with Crippen molar-refractivity contribution in [3.05, 3.63) is 60.2 Å². The molecule has 0 aliphatic carbocycles. The van der Waals surface area contributed by atoms with Gasteiger partial charge in [-0.3, -0.25) is 0 Å². The number of urea groups is 1. The molecule has 2 amide bonds. The fourth-order valence-corrected chi connectivity index (χ4v) is 3.36. The second-order valence-electron chi connectivity index (χ2n) is 7.09. The minimum Gasteiger partial charge on any atom is -0.361 e. The molecule has 0 bridgehead atoms. The molecule has 1 aliphatic rings. The third-order valence-electron chi connectivity index (χ3n) is 4.86. The first kappa shape index (κ1) is 17.3. The Morgan fingerprint density at radius 2 is 2.11 bits per heavy atom. The summed E-state index contributed by atoms with van der Waals surface area (Å²) in [6, 6.07) is 11.3. The van der Waals surface area contributed by atoms with E-state index in [0.29, 0.717) is 6.54 Å². The van der Waals surface area contributed by atoms with Crippen LogP contribution in [0.1, 0.15) is 50.1 Å². The molecule has 1 fully saturated rings. The number of anilines is 1. The van der Waals surface area contributed by atoms with E-state index < -0.39 is 0 Å². The van der Waals surface area contributed by atoms with Crippen molar-refractivity contribution in [3.63, 3.8) is 0 Å². The van der Waals surface area contributed by atoms with Gasteiger partial charge in [0.05, 0.1) is 11.7 Å². The number of hydrogen-bond acceptors (Lipinski definition) is 4. The average Bonchev–Trinajstić information content (AvgIpc) is 3.42. The highest BCUT2D eigenvalue weighted by atomic mass is 16.5. The highest BCUT2D eigenvalue weighted by molar-refractivity contribution is 5.89. The summed E-state index contributed by atoms with van der Waals surface area (Å²) in [6.45, 7) is 4.85. The summed E-state index contributed by atoms with van der Waals surface area (Å²) < 4.78 is 7.19. The molecule has 1 aromatic carbocycles. The van der Waals surface area contributed by atoms with Gasteiger partial charge in [0, 0.05) is 36.6 Å². The molecular formula is C20H23N5O2. The predicted molar refractivity (Wildman–Crippen MR) is 102 cm³/mol. The second kappa shape index (κ2) is 7.26. The maximum Gasteiger partial charge on any atom is 0.322 e. The Morgan fingerprint density at radius 1 is 1.30 bits per heavy atom. The molecule has 1 atom stereocenters. The van der Waals surface area contributed by atoms with Crippen LogP contribution in [0.15, 0.2) is 53.3 Å². The van der Waals surface area contributed by atoms with Crippen molar-refractivity contribution < 1.29 is 9.32 Å². The van der Waals surface area contributed by atoms with Crippen LogP contribution in [0.4, 0.5) is 10.5 Å². The lowest BCUT2D eigenvalue weighted by molar-refractivity contribution is 0.204. The van der Waals surface area contributed by atoms with E-state index in [9.17, 15) is 4.79 Å². The first-order valence-electron chi connectivity index (χ1n) is 9.26. The zero-order chi connectivity index (χ0) is 18.8. The predicted octanol–water partition coefficient (Wildman–Crippen LogP) is 4.35. The highest BCUT2D eigenvalue weighted by Crippen LogP contribution is 2.33. The van der Waals surface area contributed by atoms with Crippen molar-refractivity contribution in [2.75, 3.05) is 11.9 Å². The molecule has 7 heteroatoms. The van der Waals surface area contributed by atoms with Crippen molar-refractivity contribution >= 4 is 11.7 Å². The van der Waals surface area contributed by atoms with E-state index in [1.54, 1.807) is 10.9 Å². The Bertz CT molecular complexity index is 899. The number of rotatable bonds is 4. The van der Waals surface area contributed by atoms with Crippen LogP contribution >= 0.6 is 0 Å². The maximum absolute atomic E-state index is 12.8. The maximum atomic E-state index is 12.8. The minimum atomic E-state index is -0.113. The van der Waals surface area contributed by atoms with Crippen molar-refractivity contribution in [3.8, 4) is 5.69 Å². The van der Waals surface area contributed by atoms with E-state index in [4.69, 9.17) is 4.52 Å². The number of benzene rings is 1. The molecule has 7 nitrogen and oxygen atoms in total. The van der Waals surface area contributed by atoms with Gasteiger partial charge in [0.2, 0.25) is 0 Å². The van der Waals surface area contributed by atoms with Crippen LogP contribution in [0.2, 0.25) is 0 Å². The normalized spacial score (nSPS) is 16.9. The summed E-state index contributed by atoms with van der Waals surface area (Å²) >= 11 is 0. The van der Waals surface area contributed by atoms with Crippen molar-refractivity contribution in [2.24, 2.45) is 0 Å². The van der Waals surface area contributed by atoms with Gasteiger partial charge in [-0.1, -0.05) is 19.0 Å². The van der Waals surface area contributed by atoms with E-state index in [2.05, 4.69) is 29.4 Å². The second-order valence-corrected chi connectivity index (χ2v) is 7.09. The van der Waals surface area contributed by atoms with Crippen LogP contribution in [-0.2, 0) is 0 Å². The van der Waals surface area contributed by atoms with E-state index in [0.717, 1.165) is 35.7 Å². The van der Waals surface area contributed by atoms with Crippen LogP contribution in [-0.4, -0.2) is 32.4 Å². The monoisotopic (exact) mass is 365 g/mol. The number of carbonyl (C=O) groups excluding carboxylic acids is 1. The Morgan fingerprint density at radius 3 is 2.78 bits per heavy atom. The topological polar surface area (TPSA) is 76.2 Å². The Balaban J connectivity index is 1.45. The molecule has 0 radical (unpaired) electrons. The van der Waals surface area contributed by atoms with E-state index in [1.165, 1.54) is 0 Å². The van der Waals surface area contributed by atoms with Gasteiger partial charge in [0.25, 0.3) is 0 Å². The smallest absolute Gasteiger partial charge is 0.322 e. The first-order chi connectivity index (χ1) is 13.1. The number of nitrogens with one attached hydrogen (secondary N) is 1. The van der Waals surface area contributed by atoms with Gasteiger partial charge in [-0.05, 0) is 43.2 Å². The van der Waals surface area contributed by atoms with Gasteiger partial charge in [0.1, 0.15) is 11.5 Å². The van der Waals surface area contributed by atoms with Gasteiger partial charge in [-0.25, -0.2) is 9.48 Å². The SMILES string of the molecule is CC(C)c1cc(C2CCCN2C(=O)Nc2ccc(-n3cccn3)cc2)no1. The van der Waals surface area contributed by atoms with E-state index in [-0.39, 0.29) is 18.0 Å². The third kappa shape index (κ3) is 3.58. The molecule has 2 aromatic heterocycles. The van der Waals surface area contributed by atoms with Crippen LogP contribution in [0.3, 0.4) is 0 Å². The fraction of sp³-hybridized carbons (Fsp3) is 0.350. The van der Waals surface area contributed by atoms with Crippen LogP contribution < -0.4 is 5.32 Å². The van der Waals surface area contributed by atoms with Gasteiger partial charge in [-0.2, -0.15) is 5.10 Å². The number of nitrogens with zero attached hydrogens (tertiary/aromatic N) is 4.